The van der Waals surface area contributed by atoms with Gasteiger partial charge < -0.3 is 9.64 Å². The fourth-order valence-corrected chi connectivity index (χ4v) is 5.97. The first-order valence-corrected chi connectivity index (χ1v) is 9.73. The van der Waals surface area contributed by atoms with Crippen LogP contribution in [0.15, 0.2) is 4.21 Å². The number of hydrogen-bond acceptors (Lipinski definition) is 6. The van der Waals surface area contributed by atoms with E-state index in [1.807, 2.05) is 6.07 Å². The molecule has 2 aliphatic heterocycles. The van der Waals surface area contributed by atoms with Crippen LogP contribution in [0.2, 0.25) is 0 Å². The third-order valence-corrected chi connectivity index (χ3v) is 6.80. The Hall–Kier alpha value is -1.93. The summed E-state index contributed by atoms with van der Waals surface area (Å²) < 4.78 is 43.8. The molecule has 3 rings (SSSR count). The molecule has 0 atom stereocenters. The molecule has 1 fully saturated rings. The topological polar surface area (TPSA) is 82.4 Å². The second kappa shape index (κ2) is 6.31. The molecule has 3 heterocycles. The highest BCUT2D eigenvalue weighted by atomic mass is 32.2. The van der Waals surface area contributed by atoms with Gasteiger partial charge in [0.15, 0.2) is 0 Å². The van der Waals surface area contributed by atoms with Crippen LogP contribution in [0.5, 0.6) is 0 Å². The molecule has 1 aromatic heterocycles. The molecule has 0 saturated carbocycles. The molecule has 0 aromatic carbocycles. The van der Waals surface area contributed by atoms with E-state index >= 15 is 0 Å². The van der Waals surface area contributed by atoms with Crippen LogP contribution in [0, 0.1) is 11.3 Å². The van der Waals surface area contributed by atoms with Crippen molar-refractivity contribution in [3.8, 4) is 6.07 Å². The van der Waals surface area contributed by atoms with Crippen LogP contribution in [0.25, 0.3) is 0 Å². The summed E-state index contributed by atoms with van der Waals surface area (Å²) in [4.78, 5) is 24.1. The second-order valence-corrected chi connectivity index (χ2v) is 9.70. The van der Waals surface area contributed by atoms with E-state index in [0.717, 1.165) is 9.11 Å². The van der Waals surface area contributed by atoms with E-state index in [1.165, 1.54) is 23.1 Å². The molecule has 11 heteroatoms. The van der Waals surface area contributed by atoms with Gasteiger partial charge in [-0.25, -0.2) is 4.79 Å². The number of rotatable bonds is 1. The van der Waals surface area contributed by atoms with Crippen molar-refractivity contribution in [2.75, 3.05) is 24.2 Å². The Morgan fingerprint density at radius 3 is 2.44 bits per heavy atom. The minimum absolute atomic E-state index is 0.0946. The number of anilines is 1. The van der Waals surface area contributed by atoms with Gasteiger partial charge in [-0.3, -0.25) is 10.1 Å². The van der Waals surface area contributed by atoms with Crippen molar-refractivity contribution in [2.45, 2.75) is 42.2 Å². The van der Waals surface area contributed by atoms with E-state index in [1.54, 1.807) is 20.8 Å². The number of hydrogen-bond donors (Lipinski definition) is 1. The molecule has 0 unspecified atom stereocenters. The number of carbonyl (C=O) groups is 2. The van der Waals surface area contributed by atoms with Crippen LogP contribution >= 0.6 is 23.1 Å². The van der Waals surface area contributed by atoms with Gasteiger partial charge in [0.2, 0.25) is 0 Å². The van der Waals surface area contributed by atoms with Crippen LogP contribution in [-0.2, 0) is 14.9 Å². The molecule has 6 nitrogen and oxygen atoms in total. The van der Waals surface area contributed by atoms with E-state index in [-0.39, 0.29) is 18.7 Å². The lowest BCUT2D eigenvalue weighted by atomic mass is 9.75. The molecule has 0 radical (unpaired) electrons. The zero-order valence-corrected chi connectivity index (χ0v) is 16.3. The number of ether oxygens (including phenoxy) is 1. The average molecular weight is 419 g/mol. The molecule has 1 N–H and O–H groups in total. The third-order valence-electron chi connectivity index (χ3n) is 4.13. The number of nitrogens with one attached hydrogen (secondary N) is 1. The first-order valence-electron chi connectivity index (χ1n) is 7.92. The fraction of sp³-hybridized carbons (Fsp3) is 0.562. The molecule has 2 aliphatic rings. The highest BCUT2D eigenvalue weighted by molar-refractivity contribution is 8.01. The summed E-state index contributed by atoms with van der Waals surface area (Å²) in [6, 6.07) is 2.04. The summed E-state index contributed by atoms with van der Waals surface area (Å²) in [7, 11) is 0. The van der Waals surface area contributed by atoms with Crippen LogP contribution in [0.4, 0.5) is 23.0 Å². The molecule has 1 spiro atoms. The lowest BCUT2D eigenvalue weighted by molar-refractivity contribution is -0.192. The van der Waals surface area contributed by atoms with E-state index < -0.39 is 29.2 Å². The van der Waals surface area contributed by atoms with E-state index in [0.29, 0.717) is 16.3 Å². The molecule has 1 aromatic rings. The van der Waals surface area contributed by atoms with Gasteiger partial charge in [0.05, 0.1) is 9.77 Å². The monoisotopic (exact) mass is 419 g/mol. The maximum absolute atomic E-state index is 12.6. The number of thioether (sulfide) groups is 1. The Labute approximate surface area is 161 Å². The lowest BCUT2D eigenvalue weighted by Crippen LogP contribution is -2.64. The number of halogens is 3. The normalized spacial score (nSPS) is 17.9. The van der Waals surface area contributed by atoms with Crippen LogP contribution < -0.4 is 5.32 Å². The zero-order chi connectivity index (χ0) is 20.2. The summed E-state index contributed by atoms with van der Waals surface area (Å²) in [6.07, 6.45) is -5.62. The molecule has 0 aliphatic carbocycles. The van der Waals surface area contributed by atoms with Crippen LogP contribution in [0.1, 0.15) is 31.9 Å². The zero-order valence-electron chi connectivity index (χ0n) is 14.7. The molecule has 2 amide bonds. The van der Waals surface area contributed by atoms with E-state index in [2.05, 4.69) is 5.32 Å². The second-order valence-electron chi connectivity index (χ2n) is 7.44. The van der Waals surface area contributed by atoms with Crippen LogP contribution in [0.3, 0.4) is 0 Å². The maximum Gasteiger partial charge on any atom is 0.471 e. The third kappa shape index (κ3) is 3.60. The van der Waals surface area contributed by atoms with E-state index in [9.17, 15) is 28.0 Å². The van der Waals surface area contributed by atoms with Gasteiger partial charge in [-0.05, 0) is 20.8 Å². The minimum Gasteiger partial charge on any atom is -0.444 e. The van der Waals surface area contributed by atoms with Crippen molar-refractivity contribution >= 4 is 40.1 Å². The SMILES string of the molecule is CC(C)(C)OC(=O)Nc1sc2c(c1C#N)C1(CS2)CN(C(=O)C(F)(F)F)C1. The van der Waals surface area contributed by atoms with E-state index in [4.69, 9.17) is 4.74 Å². The van der Waals surface area contributed by atoms with Crippen LogP contribution in [-0.4, -0.2) is 47.5 Å². The molecular weight excluding hydrogens is 403 g/mol. The smallest absolute Gasteiger partial charge is 0.444 e. The number of fused-ring (bicyclic) bond motifs is 2. The minimum atomic E-state index is -4.91. The van der Waals surface area contributed by atoms with Gasteiger partial charge >= 0.3 is 18.2 Å². The number of carbonyl (C=O) groups excluding carboxylic acids is 2. The summed E-state index contributed by atoms with van der Waals surface area (Å²) in [5.74, 6) is -1.37. The Kier molecular flexibility index (Phi) is 4.63. The molecule has 1 saturated heterocycles. The van der Waals surface area contributed by atoms with Crippen molar-refractivity contribution in [3.63, 3.8) is 0 Å². The summed E-state index contributed by atoms with van der Waals surface area (Å²) >= 11 is 2.62. The van der Waals surface area contributed by atoms with Crippen molar-refractivity contribution in [3.05, 3.63) is 11.1 Å². The summed E-state index contributed by atoms with van der Waals surface area (Å²) in [5, 5.41) is 12.4. The van der Waals surface area contributed by atoms with Gasteiger partial charge in [-0.15, -0.1) is 23.1 Å². The molecule has 146 valence electrons. The molecule has 0 bridgehead atoms. The van der Waals surface area contributed by atoms with Gasteiger partial charge in [0.1, 0.15) is 16.7 Å². The lowest BCUT2D eigenvalue weighted by Gasteiger charge is -2.48. The Balaban J connectivity index is 1.82. The summed E-state index contributed by atoms with van der Waals surface area (Å²) in [5.41, 5.74) is -0.544. The highest BCUT2D eigenvalue weighted by Gasteiger charge is 2.57. The van der Waals surface area contributed by atoms with Gasteiger partial charge in [0, 0.05) is 29.8 Å². The average Bonchev–Trinajstić information content (AvgIpc) is 2.98. The number of thiophene rings is 1. The van der Waals surface area contributed by atoms with Crippen molar-refractivity contribution in [2.24, 2.45) is 0 Å². The number of likely N-dealkylation sites (tertiary alicyclic amines) is 1. The summed E-state index contributed by atoms with van der Waals surface area (Å²) in [6.45, 7) is 4.93. The van der Waals surface area contributed by atoms with Gasteiger partial charge in [-0.2, -0.15) is 18.4 Å². The number of amides is 2. The maximum atomic E-state index is 12.6. The Bertz CT molecular complexity index is 846. The van der Waals surface area contributed by atoms with Gasteiger partial charge in [0.25, 0.3) is 0 Å². The first-order chi connectivity index (χ1) is 12.4. The number of nitrogens with zero attached hydrogens (tertiary/aromatic N) is 2. The van der Waals surface area contributed by atoms with Crippen molar-refractivity contribution < 1.29 is 27.5 Å². The predicted molar refractivity (Wildman–Crippen MR) is 93.9 cm³/mol. The standard InChI is InChI=1S/C16H16F3N3O3S2/c1-14(2,3)25-13(24)21-10-8(4-20)9-11(27-10)26-7-15(9)5-22(6-15)12(23)16(17,18)19/h5-7H2,1-3H3,(H,21,24). The number of nitriles is 1. The fourth-order valence-electron chi connectivity index (χ4n) is 3.12. The quantitative estimate of drug-likeness (QED) is 0.750. The van der Waals surface area contributed by atoms with Crippen molar-refractivity contribution in [1.82, 2.24) is 4.90 Å². The van der Waals surface area contributed by atoms with Crippen molar-refractivity contribution in [1.29, 1.82) is 5.26 Å². The predicted octanol–water partition coefficient (Wildman–Crippen LogP) is 3.71. The highest BCUT2D eigenvalue weighted by Crippen LogP contribution is 2.56. The molecule has 27 heavy (non-hydrogen) atoms. The van der Waals surface area contributed by atoms with Gasteiger partial charge in [-0.1, -0.05) is 0 Å². The molecular formula is C16H16F3N3O3S2. The Morgan fingerprint density at radius 2 is 1.93 bits per heavy atom. The first kappa shape index (κ1) is 19.8. The Morgan fingerprint density at radius 1 is 1.30 bits per heavy atom. The number of alkyl halides is 3. The largest absolute Gasteiger partial charge is 0.471 e.